The summed E-state index contributed by atoms with van der Waals surface area (Å²) in [6.07, 6.45) is 0. The molecule has 0 aromatic heterocycles. The molecule has 0 N–H and O–H groups in total. The number of hydrogen-bond acceptors (Lipinski definition) is 5. The van der Waals surface area contributed by atoms with Gasteiger partial charge in [0.1, 0.15) is 0 Å². The molecule has 1 fully saturated rings. The number of rotatable bonds is 6. The van der Waals surface area contributed by atoms with E-state index < -0.39 is 4.92 Å². The van der Waals surface area contributed by atoms with E-state index in [1.807, 2.05) is 13.8 Å². The van der Waals surface area contributed by atoms with Gasteiger partial charge in [-0.25, -0.2) is 0 Å². The Kier molecular flexibility index (Phi) is 6.68. The van der Waals surface area contributed by atoms with Crippen molar-refractivity contribution in [1.29, 1.82) is 0 Å². The lowest BCUT2D eigenvalue weighted by Gasteiger charge is -2.35. The minimum Gasteiger partial charge on any atom is -0.342 e. The molecule has 0 radical (unpaired) electrons. The molecule has 0 atom stereocenters. The topological polar surface area (TPSA) is 87.0 Å². The number of nitro benzene ring substituents is 1. The SMILES string of the molecule is CCN(CC)C(=O)CN1CCN(C(=O)c2ccc([N+](=O)[O-])c(C)c2)CC1. The fraction of sp³-hybridized carbons (Fsp3) is 0.556. The number of hydrogen-bond donors (Lipinski definition) is 0. The highest BCUT2D eigenvalue weighted by atomic mass is 16.6. The predicted molar refractivity (Wildman–Crippen MR) is 98.1 cm³/mol. The summed E-state index contributed by atoms with van der Waals surface area (Å²) in [7, 11) is 0. The number of piperazine rings is 1. The molecule has 142 valence electrons. The van der Waals surface area contributed by atoms with Gasteiger partial charge in [0.15, 0.2) is 0 Å². The molecule has 0 unspecified atom stereocenters. The van der Waals surface area contributed by atoms with Crippen LogP contribution in [-0.2, 0) is 4.79 Å². The third-order valence-electron chi connectivity index (χ3n) is 4.77. The first kappa shape index (κ1) is 19.8. The Bertz CT molecular complexity index is 680. The summed E-state index contributed by atoms with van der Waals surface area (Å²) >= 11 is 0. The summed E-state index contributed by atoms with van der Waals surface area (Å²) in [6, 6.07) is 4.45. The summed E-state index contributed by atoms with van der Waals surface area (Å²) in [5.41, 5.74) is 0.950. The molecule has 1 aromatic carbocycles. The summed E-state index contributed by atoms with van der Waals surface area (Å²) < 4.78 is 0. The zero-order chi connectivity index (χ0) is 19.3. The Labute approximate surface area is 153 Å². The van der Waals surface area contributed by atoms with Crippen molar-refractivity contribution in [2.45, 2.75) is 20.8 Å². The Balaban J connectivity index is 1.93. The first-order valence-electron chi connectivity index (χ1n) is 8.91. The van der Waals surface area contributed by atoms with Crippen LogP contribution in [0.5, 0.6) is 0 Å². The van der Waals surface area contributed by atoms with Gasteiger partial charge in [0, 0.05) is 56.5 Å². The van der Waals surface area contributed by atoms with E-state index in [2.05, 4.69) is 4.90 Å². The average molecular weight is 362 g/mol. The Morgan fingerprint density at radius 2 is 1.77 bits per heavy atom. The van der Waals surface area contributed by atoms with Crippen molar-refractivity contribution in [3.05, 3.63) is 39.4 Å². The number of nitro groups is 1. The quantitative estimate of drug-likeness (QED) is 0.566. The molecule has 0 spiro atoms. The van der Waals surface area contributed by atoms with Crippen LogP contribution >= 0.6 is 0 Å². The van der Waals surface area contributed by atoms with Gasteiger partial charge in [0.25, 0.3) is 11.6 Å². The molecule has 0 bridgehead atoms. The number of benzene rings is 1. The number of carbonyl (C=O) groups is 2. The maximum Gasteiger partial charge on any atom is 0.272 e. The fourth-order valence-corrected chi connectivity index (χ4v) is 3.15. The predicted octanol–water partition coefficient (Wildman–Crippen LogP) is 1.53. The van der Waals surface area contributed by atoms with Crippen molar-refractivity contribution in [2.24, 2.45) is 0 Å². The molecule has 8 heteroatoms. The number of aryl methyl sites for hydroxylation is 1. The van der Waals surface area contributed by atoms with Gasteiger partial charge in [0.2, 0.25) is 5.91 Å². The molecule has 0 saturated carbocycles. The lowest BCUT2D eigenvalue weighted by Crippen LogP contribution is -2.51. The Morgan fingerprint density at radius 3 is 2.27 bits per heavy atom. The second-order valence-electron chi connectivity index (χ2n) is 6.39. The smallest absolute Gasteiger partial charge is 0.272 e. The van der Waals surface area contributed by atoms with Gasteiger partial charge >= 0.3 is 0 Å². The molecular weight excluding hydrogens is 336 g/mol. The van der Waals surface area contributed by atoms with Gasteiger partial charge in [0.05, 0.1) is 11.5 Å². The zero-order valence-corrected chi connectivity index (χ0v) is 15.6. The van der Waals surface area contributed by atoms with E-state index in [4.69, 9.17) is 0 Å². The molecule has 1 aromatic rings. The lowest BCUT2D eigenvalue weighted by atomic mass is 10.1. The van der Waals surface area contributed by atoms with Crippen molar-refractivity contribution in [2.75, 3.05) is 45.8 Å². The summed E-state index contributed by atoms with van der Waals surface area (Å²) in [5.74, 6) is -0.0153. The average Bonchev–Trinajstić information content (AvgIpc) is 2.62. The minimum absolute atomic E-state index is 0.0151. The normalized spacial score (nSPS) is 15.0. The van der Waals surface area contributed by atoms with Crippen molar-refractivity contribution in [3.8, 4) is 0 Å². The second kappa shape index (κ2) is 8.75. The standard InChI is InChI=1S/C18H26N4O4/c1-4-20(5-2)17(23)13-19-8-10-21(11-9-19)18(24)15-6-7-16(22(25)26)14(3)12-15/h6-7,12H,4-5,8-11,13H2,1-3H3. The molecule has 2 amide bonds. The van der Waals surface area contributed by atoms with E-state index in [-0.39, 0.29) is 17.5 Å². The number of carbonyl (C=O) groups excluding carboxylic acids is 2. The number of likely N-dealkylation sites (N-methyl/N-ethyl adjacent to an activating group) is 1. The number of nitrogens with zero attached hydrogens (tertiary/aromatic N) is 4. The molecule has 2 rings (SSSR count). The second-order valence-corrected chi connectivity index (χ2v) is 6.39. The van der Waals surface area contributed by atoms with Gasteiger partial charge in [-0.15, -0.1) is 0 Å². The van der Waals surface area contributed by atoms with Crippen LogP contribution in [0.4, 0.5) is 5.69 Å². The molecular formula is C18H26N4O4. The van der Waals surface area contributed by atoms with Crippen LogP contribution in [0.25, 0.3) is 0 Å². The fourth-order valence-electron chi connectivity index (χ4n) is 3.15. The highest BCUT2D eigenvalue weighted by Crippen LogP contribution is 2.20. The first-order chi connectivity index (χ1) is 12.4. The summed E-state index contributed by atoms with van der Waals surface area (Å²) in [6.45, 7) is 9.71. The molecule has 1 saturated heterocycles. The van der Waals surface area contributed by atoms with Crippen molar-refractivity contribution in [1.82, 2.24) is 14.7 Å². The largest absolute Gasteiger partial charge is 0.342 e. The minimum atomic E-state index is -0.449. The first-order valence-corrected chi connectivity index (χ1v) is 8.91. The third kappa shape index (κ3) is 4.57. The molecule has 1 aliphatic heterocycles. The number of amides is 2. The van der Waals surface area contributed by atoms with Crippen molar-refractivity contribution < 1.29 is 14.5 Å². The van der Waals surface area contributed by atoms with E-state index >= 15 is 0 Å². The zero-order valence-electron chi connectivity index (χ0n) is 15.6. The van der Waals surface area contributed by atoms with Gasteiger partial charge in [-0.2, -0.15) is 0 Å². The van der Waals surface area contributed by atoms with Crippen molar-refractivity contribution in [3.63, 3.8) is 0 Å². The molecule has 0 aliphatic carbocycles. The van der Waals surface area contributed by atoms with Crippen molar-refractivity contribution >= 4 is 17.5 Å². The Morgan fingerprint density at radius 1 is 1.15 bits per heavy atom. The monoisotopic (exact) mass is 362 g/mol. The molecule has 8 nitrogen and oxygen atoms in total. The van der Waals surface area contributed by atoms with Gasteiger partial charge in [-0.3, -0.25) is 24.6 Å². The van der Waals surface area contributed by atoms with E-state index in [1.54, 1.807) is 22.8 Å². The van der Waals surface area contributed by atoms with Crippen LogP contribution in [0, 0.1) is 17.0 Å². The van der Waals surface area contributed by atoms with Gasteiger partial charge < -0.3 is 9.80 Å². The highest BCUT2D eigenvalue weighted by molar-refractivity contribution is 5.94. The van der Waals surface area contributed by atoms with Crippen LogP contribution in [0.2, 0.25) is 0 Å². The molecule has 1 heterocycles. The van der Waals surface area contributed by atoms with Gasteiger partial charge in [-0.1, -0.05) is 0 Å². The van der Waals surface area contributed by atoms with Crippen LogP contribution in [0.15, 0.2) is 18.2 Å². The summed E-state index contributed by atoms with van der Waals surface area (Å²) in [5, 5.41) is 10.9. The van der Waals surface area contributed by atoms with E-state index in [1.165, 1.54) is 12.1 Å². The van der Waals surface area contributed by atoms with E-state index in [9.17, 15) is 19.7 Å². The highest BCUT2D eigenvalue weighted by Gasteiger charge is 2.25. The van der Waals surface area contributed by atoms with Crippen LogP contribution in [-0.4, -0.2) is 77.3 Å². The van der Waals surface area contributed by atoms with Crippen LogP contribution in [0.3, 0.4) is 0 Å². The summed E-state index contributed by atoms with van der Waals surface area (Å²) in [4.78, 5) is 40.9. The maximum absolute atomic E-state index is 12.6. The Hall–Kier alpha value is -2.48. The third-order valence-corrected chi connectivity index (χ3v) is 4.77. The van der Waals surface area contributed by atoms with Crippen LogP contribution in [0.1, 0.15) is 29.8 Å². The van der Waals surface area contributed by atoms with Gasteiger partial charge in [-0.05, 0) is 32.9 Å². The van der Waals surface area contributed by atoms with E-state index in [0.29, 0.717) is 56.9 Å². The van der Waals surface area contributed by atoms with E-state index in [0.717, 1.165) is 0 Å². The maximum atomic E-state index is 12.6. The molecule has 1 aliphatic rings. The molecule has 26 heavy (non-hydrogen) atoms. The lowest BCUT2D eigenvalue weighted by molar-refractivity contribution is -0.385. The van der Waals surface area contributed by atoms with Crippen LogP contribution < -0.4 is 0 Å².